The van der Waals surface area contributed by atoms with Gasteiger partial charge in [-0.3, -0.25) is 19.8 Å². The molecule has 174 valence electrons. The van der Waals surface area contributed by atoms with Crippen molar-refractivity contribution in [1.82, 2.24) is 9.88 Å². The number of hydrogen-bond acceptors (Lipinski definition) is 5. The van der Waals surface area contributed by atoms with Crippen molar-refractivity contribution in [1.29, 1.82) is 0 Å². The number of amides is 2. The van der Waals surface area contributed by atoms with E-state index in [4.69, 9.17) is 33.3 Å². The van der Waals surface area contributed by atoms with Gasteiger partial charge in [0.2, 0.25) is 5.76 Å². The number of anilines is 1. The molecule has 1 aliphatic heterocycles. The van der Waals surface area contributed by atoms with Crippen LogP contribution in [0, 0.1) is 0 Å². The van der Waals surface area contributed by atoms with Gasteiger partial charge >= 0.3 is 5.97 Å². The molecule has 2 amide bonds. The second kappa shape index (κ2) is 8.86. The van der Waals surface area contributed by atoms with Crippen molar-refractivity contribution in [2.24, 2.45) is 0 Å². The highest BCUT2D eigenvalue weighted by Crippen LogP contribution is 2.28. The van der Waals surface area contributed by atoms with Crippen molar-refractivity contribution < 1.29 is 23.9 Å². The number of nitrogens with one attached hydrogen (secondary N) is 1. The van der Waals surface area contributed by atoms with Gasteiger partial charge in [0.15, 0.2) is 5.11 Å². The number of furan rings is 1. The highest BCUT2D eigenvalue weighted by Gasteiger charge is 2.34. The fourth-order valence-electron chi connectivity index (χ4n) is 3.93. The first-order valence-electron chi connectivity index (χ1n) is 10.4. The van der Waals surface area contributed by atoms with Crippen LogP contribution in [-0.4, -0.2) is 32.6 Å². The number of fused-ring (bicyclic) bond motifs is 1. The minimum Gasteiger partial charge on any atom is -0.475 e. The third-order valence-electron chi connectivity index (χ3n) is 5.49. The molecule has 8 nitrogen and oxygen atoms in total. The Balaban J connectivity index is 1.55. The fourth-order valence-corrected chi connectivity index (χ4v) is 4.39. The Kier molecular flexibility index (Phi) is 5.72. The maximum atomic E-state index is 13.4. The molecule has 10 heteroatoms. The number of aromatic carboxylic acids is 1. The number of thiocarbonyl (C=S) groups is 1. The van der Waals surface area contributed by atoms with Crippen LogP contribution < -0.4 is 10.2 Å². The third kappa shape index (κ3) is 4.23. The molecule has 0 unspecified atom stereocenters. The van der Waals surface area contributed by atoms with Crippen molar-refractivity contribution in [2.75, 3.05) is 4.90 Å². The van der Waals surface area contributed by atoms with Crippen molar-refractivity contribution in [2.45, 2.75) is 6.54 Å². The monoisotopic (exact) mass is 505 g/mol. The first kappa shape index (κ1) is 22.6. The van der Waals surface area contributed by atoms with Gasteiger partial charge in [-0.1, -0.05) is 35.9 Å². The van der Waals surface area contributed by atoms with Gasteiger partial charge in [-0.05, 0) is 54.7 Å². The number of carboxylic acids is 1. The summed E-state index contributed by atoms with van der Waals surface area (Å²) in [6.45, 7) is 0.260. The molecule has 1 saturated heterocycles. The maximum Gasteiger partial charge on any atom is 0.371 e. The molecule has 3 heterocycles. The topological polar surface area (TPSA) is 105 Å². The Morgan fingerprint density at radius 2 is 1.91 bits per heavy atom. The van der Waals surface area contributed by atoms with Crippen molar-refractivity contribution in [3.05, 3.63) is 94.5 Å². The molecule has 0 aliphatic carbocycles. The van der Waals surface area contributed by atoms with Crippen LogP contribution in [0.5, 0.6) is 0 Å². The summed E-state index contributed by atoms with van der Waals surface area (Å²) in [5, 5.41) is 12.9. The lowest BCUT2D eigenvalue weighted by Crippen LogP contribution is -2.54. The minimum atomic E-state index is -1.15. The van der Waals surface area contributed by atoms with Gasteiger partial charge < -0.3 is 14.1 Å². The normalized spacial score (nSPS) is 15.2. The summed E-state index contributed by atoms with van der Waals surface area (Å²) in [7, 11) is 0. The van der Waals surface area contributed by atoms with E-state index in [0.717, 1.165) is 10.9 Å². The van der Waals surface area contributed by atoms with Crippen LogP contribution in [0.1, 0.15) is 21.9 Å². The average Bonchev–Trinajstić information content (AvgIpc) is 3.42. The molecule has 0 bridgehead atoms. The van der Waals surface area contributed by atoms with Crippen LogP contribution in [0.3, 0.4) is 0 Å². The molecule has 5 rings (SSSR count). The number of hydrogen-bond donors (Lipinski definition) is 2. The second-order valence-electron chi connectivity index (χ2n) is 7.74. The van der Waals surface area contributed by atoms with Crippen molar-refractivity contribution in [3.8, 4) is 0 Å². The SMILES string of the molecule is O=C1NC(=S)N(c2cccc(Cl)c2)C(=O)/C1=C/c1cn(Cc2ccc(C(=O)O)o2)c2ccccc12. The molecule has 0 atom stereocenters. The summed E-state index contributed by atoms with van der Waals surface area (Å²) < 4.78 is 7.25. The summed E-state index contributed by atoms with van der Waals surface area (Å²) in [6.07, 6.45) is 3.29. The highest BCUT2D eigenvalue weighted by molar-refractivity contribution is 7.80. The Hall–Kier alpha value is -4.21. The fraction of sp³-hybridized carbons (Fsp3) is 0.0400. The molecule has 1 fully saturated rings. The van der Waals surface area contributed by atoms with Gasteiger partial charge in [-0.15, -0.1) is 0 Å². The molecule has 4 aromatic rings. The number of rotatable bonds is 5. The molecule has 0 spiro atoms. The number of nitrogens with zero attached hydrogens (tertiary/aromatic N) is 2. The van der Waals surface area contributed by atoms with Gasteiger partial charge in [-0.25, -0.2) is 4.79 Å². The van der Waals surface area contributed by atoms with Gasteiger partial charge in [0.1, 0.15) is 11.3 Å². The van der Waals surface area contributed by atoms with E-state index in [1.54, 1.807) is 36.5 Å². The Labute approximate surface area is 209 Å². The van der Waals surface area contributed by atoms with Gasteiger partial charge in [0, 0.05) is 27.7 Å². The highest BCUT2D eigenvalue weighted by atomic mass is 35.5. The van der Waals surface area contributed by atoms with Gasteiger partial charge in [0.05, 0.1) is 12.2 Å². The number of halogens is 1. The van der Waals surface area contributed by atoms with E-state index in [0.29, 0.717) is 22.0 Å². The van der Waals surface area contributed by atoms with Crippen LogP contribution in [0.4, 0.5) is 5.69 Å². The van der Waals surface area contributed by atoms with E-state index in [9.17, 15) is 14.4 Å². The lowest BCUT2D eigenvalue weighted by Gasteiger charge is -2.29. The van der Waals surface area contributed by atoms with Crippen LogP contribution in [0.25, 0.3) is 17.0 Å². The number of carbonyl (C=O) groups excluding carboxylic acids is 2. The van der Waals surface area contributed by atoms with E-state index in [2.05, 4.69) is 5.32 Å². The summed E-state index contributed by atoms with van der Waals surface area (Å²) >= 11 is 11.3. The smallest absolute Gasteiger partial charge is 0.371 e. The molecular weight excluding hydrogens is 490 g/mol. The van der Waals surface area contributed by atoms with E-state index >= 15 is 0 Å². The Bertz CT molecular complexity index is 1570. The van der Waals surface area contributed by atoms with Crippen molar-refractivity contribution >= 4 is 69.4 Å². The summed E-state index contributed by atoms with van der Waals surface area (Å²) in [5.41, 5.74) is 1.79. The molecule has 1 aliphatic rings. The van der Waals surface area contributed by atoms with Crippen LogP contribution in [0.15, 0.2) is 76.9 Å². The van der Waals surface area contributed by atoms with E-state index in [1.165, 1.54) is 17.0 Å². The number of para-hydroxylation sites is 1. The lowest BCUT2D eigenvalue weighted by atomic mass is 10.1. The zero-order chi connectivity index (χ0) is 24.7. The van der Waals surface area contributed by atoms with Crippen LogP contribution in [-0.2, 0) is 16.1 Å². The average molecular weight is 506 g/mol. The number of aromatic nitrogens is 1. The molecule has 2 N–H and O–H groups in total. The zero-order valence-electron chi connectivity index (χ0n) is 17.9. The predicted molar refractivity (Wildman–Crippen MR) is 134 cm³/mol. The summed E-state index contributed by atoms with van der Waals surface area (Å²) in [6, 6.07) is 17.1. The van der Waals surface area contributed by atoms with Crippen molar-refractivity contribution in [3.63, 3.8) is 0 Å². The molecule has 2 aromatic heterocycles. The molecule has 2 aromatic carbocycles. The van der Waals surface area contributed by atoms with E-state index < -0.39 is 17.8 Å². The number of carbonyl (C=O) groups is 3. The summed E-state index contributed by atoms with van der Waals surface area (Å²) in [4.78, 5) is 38.5. The van der Waals surface area contributed by atoms with Gasteiger partial charge in [-0.2, -0.15) is 0 Å². The third-order valence-corrected chi connectivity index (χ3v) is 6.01. The molecule has 35 heavy (non-hydrogen) atoms. The molecular formula is C25H16ClN3O5S. The van der Waals surface area contributed by atoms with Crippen LogP contribution in [0.2, 0.25) is 5.02 Å². The lowest BCUT2D eigenvalue weighted by molar-refractivity contribution is -0.122. The Morgan fingerprint density at radius 1 is 1.11 bits per heavy atom. The summed E-state index contributed by atoms with van der Waals surface area (Å²) in [5.74, 6) is -2.03. The molecule has 0 radical (unpaired) electrons. The number of benzene rings is 2. The van der Waals surface area contributed by atoms with Crippen LogP contribution >= 0.6 is 23.8 Å². The minimum absolute atomic E-state index is 0.0334. The molecule has 0 saturated carbocycles. The largest absolute Gasteiger partial charge is 0.475 e. The second-order valence-corrected chi connectivity index (χ2v) is 8.56. The standard InChI is InChI=1S/C25H16ClN3O5S/c26-15-4-3-5-16(11-15)29-23(31)19(22(30)27-25(29)35)10-14-12-28(20-7-2-1-6-18(14)20)13-17-8-9-21(34-17)24(32)33/h1-12H,13H2,(H,32,33)(H,27,30,35)/b19-10+. The van der Waals surface area contributed by atoms with Gasteiger partial charge in [0.25, 0.3) is 11.8 Å². The van der Waals surface area contributed by atoms with E-state index in [-0.39, 0.29) is 23.0 Å². The maximum absolute atomic E-state index is 13.4. The number of carboxylic acid groups (broad SMARTS) is 1. The first-order chi connectivity index (χ1) is 16.8. The first-order valence-corrected chi connectivity index (χ1v) is 11.2. The predicted octanol–water partition coefficient (Wildman–Crippen LogP) is 4.47. The van der Waals surface area contributed by atoms with E-state index in [1.807, 2.05) is 28.8 Å². The quantitative estimate of drug-likeness (QED) is 0.236. The zero-order valence-corrected chi connectivity index (χ0v) is 19.5. The Morgan fingerprint density at radius 3 is 2.66 bits per heavy atom.